The van der Waals surface area contributed by atoms with Crippen molar-refractivity contribution < 1.29 is 9.18 Å². The van der Waals surface area contributed by atoms with Gasteiger partial charge in [0.15, 0.2) is 5.78 Å². The second-order valence-corrected chi connectivity index (χ2v) is 6.46. The van der Waals surface area contributed by atoms with Crippen LogP contribution in [0.25, 0.3) is 0 Å². The smallest absolute Gasteiger partial charge is 0.293 e. The van der Waals surface area contributed by atoms with Crippen molar-refractivity contribution in [2.75, 3.05) is 5.75 Å². The van der Waals surface area contributed by atoms with Gasteiger partial charge >= 0.3 is 5.69 Å². The van der Waals surface area contributed by atoms with Crippen LogP contribution in [0.5, 0.6) is 0 Å². The molecular weight excluding hydrogens is 333 g/mol. The zero-order valence-corrected chi connectivity index (χ0v) is 13.9. The standard InChI is InChI=1S/C16H14FN3O3S/c1-19-14-11(15(22)20(2)16(19)23)7-13(18-14)24-8-12(21)9-3-5-10(17)6-4-9/h3-6H,7-8H2,1-2H3. The molecule has 1 aromatic heterocycles. The molecule has 2 heterocycles. The summed E-state index contributed by atoms with van der Waals surface area (Å²) >= 11 is 1.22. The Labute approximate surface area is 140 Å². The fraction of sp³-hybridized carbons (Fsp3) is 0.250. The Hall–Kier alpha value is -2.48. The number of thioether (sulfide) groups is 1. The summed E-state index contributed by atoms with van der Waals surface area (Å²) in [5.41, 5.74) is 0.0769. The lowest BCUT2D eigenvalue weighted by Gasteiger charge is -2.05. The van der Waals surface area contributed by atoms with E-state index in [0.29, 0.717) is 28.4 Å². The lowest BCUT2D eigenvalue weighted by atomic mass is 10.1. The van der Waals surface area contributed by atoms with Crippen molar-refractivity contribution in [2.45, 2.75) is 6.42 Å². The molecule has 0 saturated carbocycles. The quantitative estimate of drug-likeness (QED) is 0.787. The highest BCUT2D eigenvalue weighted by atomic mass is 32.2. The van der Waals surface area contributed by atoms with Gasteiger partial charge in [0.25, 0.3) is 5.56 Å². The molecule has 0 atom stereocenters. The van der Waals surface area contributed by atoms with Crippen LogP contribution in [0.4, 0.5) is 10.2 Å². The normalized spacial score (nSPS) is 12.9. The molecule has 1 aromatic carbocycles. The minimum Gasteiger partial charge on any atom is -0.293 e. The molecule has 2 aromatic rings. The van der Waals surface area contributed by atoms with Gasteiger partial charge in [0.1, 0.15) is 11.6 Å². The molecule has 1 aliphatic heterocycles. The van der Waals surface area contributed by atoms with Crippen molar-refractivity contribution >= 4 is 28.4 Å². The zero-order chi connectivity index (χ0) is 17.4. The Morgan fingerprint density at radius 1 is 1.21 bits per heavy atom. The van der Waals surface area contributed by atoms with Crippen molar-refractivity contribution in [1.82, 2.24) is 9.13 Å². The summed E-state index contributed by atoms with van der Waals surface area (Å²) in [4.78, 5) is 40.5. The Morgan fingerprint density at radius 2 is 1.88 bits per heavy atom. The van der Waals surface area contributed by atoms with Gasteiger partial charge in [-0.1, -0.05) is 0 Å². The lowest BCUT2D eigenvalue weighted by molar-refractivity contribution is 0.102. The molecule has 6 nitrogen and oxygen atoms in total. The van der Waals surface area contributed by atoms with E-state index in [1.54, 1.807) is 7.05 Å². The van der Waals surface area contributed by atoms with E-state index < -0.39 is 11.5 Å². The van der Waals surface area contributed by atoms with Crippen LogP contribution in [-0.2, 0) is 20.5 Å². The van der Waals surface area contributed by atoms with E-state index >= 15 is 0 Å². The van der Waals surface area contributed by atoms with Gasteiger partial charge in [-0.05, 0) is 24.3 Å². The number of carbonyl (C=O) groups is 1. The highest BCUT2D eigenvalue weighted by Crippen LogP contribution is 2.26. The van der Waals surface area contributed by atoms with E-state index in [0.717, 1.165) is 4.57 Å². The van der Waals surface area contributed by atoms with Crippen LogP contribution in [0.2, 0.25) is 0 Å². The molecule has 8 heteroatoms. The van der Waals surface area contributed by atoms with E-state index in [4.69, 9.17) is 0 Å². The van der Waals surface area contributed by atoms with E-state index in [9.17, 15) is 18.8 Å². The van der Waals surface area contributed by atoms with Crippen molar-refractivity contribution in [3.05, 3.63) is 62.0 Å². The van der Waals surface area contributed by atoms with Crippen molar-refractivity contribution in [3.63, 3.8) is 0 Å². The fourth-order valence-electron chi connectivity index (χ4n) is 2.46. The van der Waals surface area contributed by atoms with Gasteiger partial charge in [-0.2, -0.15) is 0 Å². The van der Waals surface area contributed by atoms with Gasteiger partial charge in [0.2, 0.25) is 0 Å². The maximum absolute atomic E-state index is 12.9. The van der Waals surface area contributed by atoms with Gasteiger partial charge in [0.05, 0.1) is 16.4 Å². The van der Waals surface area contributed by atoms with Crippen molar-refractivity contribution in [1.29, 1.82) is 0 Å². The topological polar surface area (TPSA) is 73.4 Å². The second-order valence-electron chi connectivity index (χ2n) is 5.41. The largest absolute Gasteiger partial charge is 0.332 e. The first-order valence-corrected chi connectivity index (χ1v) is 8.15. The second kappa shape index (κ2) is 6.20. The maximum atomic E-state index is 12.9. The number of hydrogen-bond acceptors (Lipinski definition) is 5. The third kappa shape index (κ3) is 2.84. The summed E-state index contributed by atoms with van der Waals surface area (Å²) in [6.45, 7) is 0. The first-order valence-electron chi connectivity index (χ1n) is 7.16. The summed E-state index contributed by atoms with van der Waals surface area (Å²) in [5.74, 6) is -0.0703. The molecule has 0 amide bonds. The average Bonchev–Trinajstić information content (AvgIpc) is 3.01. The molecule has 0 radical (unpaired) electrons. The molecule has 0 aliphatic carbocycles. The summed E-state index contributed by atoms with van der Waals surface area (Å²) in [7, 11) is 2.98. The van der Waals surface area contributed by atoms with E-state index in [1.165, 1.54) is 47.6 Å². The van der Waals surface area contributed by atoms with E-state index in [-0.39, 0.29) is 17.1 Å². The molecule has 0 unspecified atom stereocenters. The third-order valence-corrected chi connectivity index (χ3v) is 4.79. The summed E-state index contributed by atoms with van der Waals surface area (Å²) in [5, 5.41) is 0.610. The van der Waals surface area contributed by atoms with Gasteiger partial charge in [-0.3, -0.25) is 18.7 Å². The molecule has 0 N–H and O–H groups in total. The first kappa shape index (κ1) is 16.4. The van der Waals surface area contributed by atoms with Crippen LogP contribution in [0.3, 0.4) is 0 Å². The molecular formula is C16H14FN3O3S. The summed E-state index contributed by atoms with van der Waals surface area (Å²) in [6, 6.07) is 5.34. The van der Waals surface area contributed by atoms with Crippen LogP contribution in [0.15, 0.2) is 38.8 Å². The van der Waals surface area contributed by atoms with E-state index in [2.05, 4.69) is 4.99 Å². The number of ketones is 1. The summed E-state index contributed by atoms with van der Waals surface area (Å²) < 4.78 is 15.3. The Bertz CT molecular complexity index is 974. The minimum absolute atomic E-state index is 0.132. The lowest BCUT2D eigenvalue weighted by Crippen LogP contribution is -2.38. The Balaban J connectivity index is 1.76. The monoisotopic (exact) mass is 347 g/mol. The number of rotatable bonds is 3. The third-order valence-electron chi connectivity index (χ3n) is 3.82. The number of Topliss-reactive ketones (excluding diaryl/α,β-unsaturated/α-hetero) is 1. The van der Waals surface area contributed by atoms with Crippen LogP contribution < -0.4 is 11.2 Å². The van der Waals surface area contributed by atoms with Crippen molar-refractivity contribution in [2.24, 2.45) is 19.1 Å². The zero-order valence-electron chi connectivity index (χ0n) is 13.1. The van der Waals surface area contributed by atoms with Crippen LogP contribution in [0.1, 0.15) is 15.9 Å². The summed E-state index contributed by atoms with van der Waals surface area (Å²) in [6.07, 6.45) is 0.303. The number of nitrogens with zero attached hydrogens (tertiary/aromatic N) is 3. The Morgan fingerprint density at radius 3 is 2.54 bits per heavy atom. The number of halogens is 1. The van der Waals surface area contributed by atoms with Crippen LogP contribution in [-0.4, -0.2) is 25.7 Å². The molecule has 124 valence electrons. The highest BCUT2D eigenvalue weighted by molar-refractivity contribution is 8.14. The van der Waals surface area contributed by atoms with Crippen LogP contribution in [0, 0.1) is 5.82 Å². The average molecular weight is 347 g/mol. The van der Waals surface area contributed by atoms with Gasteiger partial charge in [-0.15, -0.1) is 11.8 Å². The van der Waals surface area contributed by atoms with Gasteiger partial charge in [0, 0.05) is 26.1 Å². The number of carbonyl (C=O) groups excluding carboxylic acids is 1. The predicted octanol–water partition coefficient (Wildman–Crippen LogP) is 1.43. The molecule has 0 saturated heterocycles. The number of hydrogen-bond donors (Lipinski definition) is 0. The maximum Gasteiger partial charge on any atom is 0.332 e. The SMILES string of the molecule is Cn1c2c(c(=O)n(C)c1=O)CC(SCC(=O)c1ccc(F)cc1)=N2. The molecule has 0 bridgehead atoms. The predicted molar refractivity (Wildman–Crippen MR) is 90.9 cm³/mol. The highest BCUT2D eigenvalue weighted by Gasteiger charge is 2.23. The molecule has 1 aliphatic rings. The Kier molecular flexibility index (Phi) is 4.23. The minimum atomic E-state index is -0.434. The van der Waals surface area contributed by atoms with E-state index in [1.807, 2.05) is 0 Å². The van der Waals surface area contributed by atoms with Gasteiger partial charge in [-0.25, -0.2) is 14.2 Å². The molecule has 0 spiro atoms. The number of aliphatic imine (C=N–C) groups is 1. The van der Waals surface area contributed by atoms with Crippen LogP contribution >= 0.6 is 11.8 Å². The number of aromatic nitrogens is 2. The number of fused-ring (bicyclic) bond motifs is 1. The van der Waals surface area contributed by atoms with Crippen molar-refractivity contribution in [3.8, 4) is 0 Å². The number of benzene rings is 1. The van der Waals surface area contributed by atoms with Gasteiger partial charge < -0.3 is 0 Å². The fourth-order valence-corrected chi connectivity index (χ4v) is 3.32. The first-order chi connectivity index (χ1) is 11.4. The molecule has 0 fully saturated rings. The molecule has 24 heavy (non-hydrogen) atoms. The molecule has 3 rings (SSSR count).